The molecule has 0 aliphatic rings. The van der Waals surface area contributed by atoms with E-state index in [0.29, 0.717) is 9.36 Å². The van der Waals surface area contributed by atoms with Crippen LogP contribution in [0.3, 0.4) is 0 Å². The Kier molecular flexibility index (Phi) is 2.70. The molecule has 0 unspecified atom stereocenters. The summed E-state index contributed by atoms with van der Waals surface area (Å²) >= 11 is 0. The second-order valence-electron chi connectivity index (χ2n) is 3.82. The van der Waals surface area contributed by atoms with E-state index >= 15 is 0 Å². The first-order valence-electron chi connectivity index (χ1n) is 5.24. The quantitative estimate of drug-likeness (QED) is 0.677. The number of hydrogen-bond donors (Lipinski definition) is 0. The van der Waals surface area contributed by atoms with Crippen molar-refractivity contribution < 1.29 is 9.59 Å². The van der Waals surface area contributed by atoms with Crippen molar-refractivity contribution in [3.05, 3.63) is 45.0 Å². The molecular formula is C12H10N2O4. The van der Waals surface area contributed by atoms with Gasteiger partial charge in [0, 0.05) is 13.8 Å². The minimum atomic E-state index is -0.682. The summed E-state index contributed by atoms with van der Waals surface area (Å²) in [6.07, 6.45) is 0. The van der Waals surface area contributed by atoms with Gasteiger partial charge >= 0.3 is 0 Å². The highest BCUT2D eigenvalue weighted by Gasteiger charge is 2.17. The summed E-state index contributed by atoms with van der Waals surface area (Å²) in [5.74, 6) is -1.36. The number of benzene rings is 1. The topological polar surface area (TPSA) is 78.1 Å². The lowest BCUT2D eigenvalue weighted by Gasteiger charge is -2.10. The van der Waals surface area contributed by atoms with Crippen LogP contribution in [0.5, 0.6) is 0 Å². The molecule has 92 valence electrons. The van der Waals surface area contributed by atoms with E-state index in [0.717, 1.165) is 13.8 Å². The normalized spacial score (nSPS) is 10.6. The number of nitrogens with zero attached hydrogens (tertiary/aromatic N) is 2. The summed E-state index contributed by atoms with van der Waals surface area (Å²) in [5.41, 5.74) is -1.35. The van der Waals surface area contributed by atoms with Gasteiger partial charge in [-0.3, -0.25) is 19.2 Å². The number of hydrogen-bond acceptors (Lipinski definition) is 4. The SMILES string of the molecule is CC(=O)n1c(=O)c2ccccc2c(=O)n1C(C)=O. The van der Waals surface area contributed by atoms with E-state index in [2.05, 4.69) is 0 Å². The molecule has 0 saturated carbocycles. The predicted molar refractivity (Wildman–Crippen MR) is 65.1 cm³/mol. The third-order valence-electron chi connectivity index (χ3n) is 2.57. The average Bonchev–Trinajstić information content (AvgIpc) is 2.32. The summed E-state index contributed by atoms with van der Waals surface area (Å²) in [4.78, 5) is 47.0. The summed E-state index contributed by atoms with van der Waals surface area (Å²) in [5, 5.41) is 0.241. The fourth-order valence-electron chi connectivity index (χ4n) is 1.83. The summed E-state index contributed by atoms with van der Waals surface area (Å²) in [6.45, 7) is 2.24. The van der Waals surface area contributed by atoms with Crippen molar-refractivity contribution in [3.63, 3.8) is 0 Å². The van der Waals surface area contributed by atoms with Crippen molar-refractivity contribution in [3.8, 4) is 0 Å². The lowest BCUT2D eigenvalue weighted by atomic mass is 10.2. The van der Waals surface area contributed by atoms with Crippen molar-refractivity contribution >= 4 is 22.6 Å². The molecule has 0 aliphatic heterocycles. The molecule has 0 N–H and O–H groups in total. The number of rotatable bonds is 0. The van der Waals surface area contributed by atoms with E-state index in [1.165, 1.54) is 12.1 Å². The molecule has 2 aromatic rings. The minimum absolute atomic E-state index is 0.121. The van der Waals surface area contributed by atoms with Gasteiger partial charge in [-0.25, -0.2) is 0 Å². The number of aromatic nitrogens is 2. The second-order valence-corrected chi connectivity index (χ2v) is 3.82. The highest BCUT2D eigenvalue weighted by molar-refractivity contribution is 5.88. The first kappa shape index (κ1) is 12.0. The van der Waals surface area contributed by atoms with Gasteiger partial charge in [-0.1, -0.05) is 12.1 Å². The molecule has 6 nitrogen and oxygen atoms in total. The zero-order valence-corrected chi connectivity index (χ0v) is 9.84. The molecule has 1 heterocycles. The molecule has 6 heteroatoms. The summed E-state index contributed by atoms with van der Waals surface area (Å²) in [7, 11) is 0. The molecule has 0 atom stereocenters. The van der Waals surface area contributed by atoms with E-state index in [1.54, 1.807) is 12.1 Å². The minimum Gasteiger partial charge on any atom is -0.273 e. The van der Waals surface area contributed by atoms with E-state index in [-0.39, 0.29) is 10.8 Å². The number of fused-ring (bicyclic) bond motifs is 1. The summed E-state index contributed by atoms with van der Waals surface area (Å²) < 4.78 is 1.12. The van der Waals surface area contributed by atoms with Crippen LogP contribution in [0.1, 0.15) is 23.4 Å². The number of carbonyl (C=O) groups excluding carboxylic acids is 2. The van der Waals surface area contributed by atoms with Gasteiger partial charge in [0.05, 0.1) is 10.8 Å². The predicted octanol–water partition coefficient (Wildman–Crippen LogP) is 0.483. The molecule has 0 radical (unpaired) electrons. The Morgan fingerprint density at radius 3 is 1.44 bits per heavy atom. The molecule has 1 aromatic heterocycles. The van der Waals surface area contributed by atoms with Crippen LogP contribution in [0, 0.1) is 0 Å². The van der Waals surface area contributed by atoms with Gasteiger partial charge < -0.3 is 0 Å². The largest absolute Gasteiger partial charge is 0.280 e. The van der Waals surface area contributed by atoms with Crippen LogP contribution in [-0.2, 0) is 0 Å². The van der Waals surface area contributed by atoms with Crippen LogP contribution in [0.15, 0.2) is 33.9 Å². The molecule has 1 aromatic carbocycles. The maximum absolute atomic E-state index is 12.1. The van der Waals surface area contributed by atoms with Gasteiger partial charge in [0.1, 0.15) is 0 Å². The van der Waals surface area contributed by atoms with E-state index in [1.807, 2.05) is 0 Å². The molecule has 0 saturated heterocycles. The van der Waals surface area contributed by atoms with Crippen molar-refractivity contribution in [2.45, 2.75) is 13.8 Å². The first-order chi connectivity index (χ1) is 8.45. The maximum Gasteiger partial charge on any atom is 0.280 e. The van der Waals surface area contributed by atoms with Crippen LogP contribution in [0.25, 0.3) is 10.8 Å². The van der Waals surface area contributed by atoms with Gasteiger partial charge in [-0.15, -0.1) is 0 Å². The fraction of sp³-hybridized carbons (Fsp3) is 0.167. The molecule has 0 aliphatic carbocycles. The fourth-order valence-corrected chi connectivity index (χ4v) is 1.83. The Morgan fingerprint density at radius 2 is 1.17 bits per heavy atom. The van der Waals surface area contributed by atoms with Crippen molar-refractivity contribution in [2.75, 3.05) is 0 Å². The van der Waals surface area contributed by atoms with Crippen molar-refractivity contribution in [1.29, 1.82) is 0 Å². The summed E-state index contributed by atoms with van der Waals surface area (Å²) in [6, 6.07) is 6.07. The van der Waals surface area contributed by atoms with Crippen LogP contribution in [0.2, 0.25) is 0 Å². The smallest absolute Gasteiger partial charge is 0.273 e. The van der Waals surface area contributed by atoms with E-state index in [4.69, 9.17) is 0 Å². The lowest BCUT2D eigenvalue weighted by molar-refractivity contribution is 0.0808. The average molecular weight is 246 g/mol. The lowest BCUT2D eigenvalue weighted by Crippen LogP contribution is -2.43. The Hall–Kier alpha value is -2.50. The monoisotopic (exact) mass is 246 g/mol. The highest BCUT2D eigenvalue weighted by Crippen LogP contribution is 2.03. The molecule has 2 rings (SSSR count). The zero-order chi connectivity index (χ0) is 13.4. The first-order valence-corrected chi connectivity index (χ1v) is 5.24. The third kappa shape index (κ3) is 1.58. The standard InChI is InChI=1S/C12H10N2O4/c1-7(15)13-11(17)9-5-3-4-6-10(9)12(18)14(13)8(2)16/h3-6H,1-2H3. The third-order valence-corrected chi connectivity index (χ3v) is 2.57. The Morgan fingerprint density at radius 1 is 0.833 bits per heavy atom. The van der Waals surface area contributed by atoms with Gasteiger partial charge in [0.15, 0.2) is 0 Å². The van der Waals surface area contributed by atoms with Gasteiger partial charge in [0.25, 0.3) is 11.1 Å². The van der Waals surface area contributed by atoms with E-state index < -0.39 is 22.9 Å². The van der Waals surface area contributed by atoms with Gasteiger partial charge in [0.2, 0.25) is 11.8 Å². The van der Waals surface area contributed by atoms with Crippen LogP contribution >= 0.6 is 0 Å². The maximum atomic E-state index is 12.1. The van der Waals surface area contributed by atoms with Crippen LogP contribution < -0.4 is 11.1 Å². The number of carbonyl (C=O) groups is 2. The second kappa shape index (κ2) is 4.06. The highest BCUT2D eigenvalue weighted by atomic mass is 16.2. The molecule has 0 amide bonds. The van der Waals surface area contributed by atoms with Gasteiger partial charge in [-0.05, 0) is 12.1 Å². The van der Waals surface area contributed by atoms with E-state index in [9.17, 15) is 19.2 Å². The van der Waals surface area contributed by atoms with Crippen LogP contribution in [-0.4, -0.2) is 21.2 Å². The molecule has 0 fully saturated rings. The Labute approximate surface area is 101 Å². The molecule has 0 spiro atoms. The Balaban J connectivity index is 3.17. The van der Waals surface area contributed by atoms with Crippen LogP contribution in [0.4, 0.5) is 0 Å². The molecule has 18 heavy (non-hydrogen) atoms. The van der Waals surface area contributed by atoms with Crippen molar-refractivity contribution in [1.82, 2.24) is 9.36 Å². The molecule has 0 bridgehead atoms. The zero-order valence-electron chi connectivity index (χ0n) is 9.84. The molecular weight excluding hydrogens is 236 g/mol. The Bertz CT molecular complexity index is 716. The van der Waals surface area contributed by atoms with Crippen molar-refractivity contribution in [2.24, 2.45) is 0 Å². The van der Waals surface area contributed by atoms with Gasteiger partial charge in [-0.2, -0.15) is 9.36 Å².